The van der Waals surface area contributed by atoms with Crippen LogP contribution in [0.2, 0.25) is 0 Å². The van der Waals surface area contributed by atoms with Crippen molar-refractivity contribution in [2.75, 3.05) is 19.6 Å². The Kier molecular flexibility index (Phi) is 1.48. The van der Waals surface area contributed by atoms with E-state index in [4.69, 9.17) is 0 Å². The second-order valence-corrected chi connectivity index (χ2v) is 3.92. The van der Waals surface area contributed by atoms with Crippen LogP contribution in [0.4, 0.5) is 0 Å². The number of hydrogen-bond donors (Lipinski definition) is 0. The molecule has 2 saturated heterocycles. The Morgan fingerprint density at radius 1 is 1.20 bits per heavy atom. The third-order valence-electron chi connectivity index (χ3n) is 3.70. The van der Waals surface area contributed by atoms with Gasteiger partial charge in [-0.25, -0.2) is 0 Å². The smallest absolute Gasteiger partial charge is 0.0944 e. The van der Waals surface area contributed by atoms with E-state index in [0.717, 1.165) is 6.04 Å². The van der Waals surface area contributed by atoms with Gasteiger partial charge < -0.3 is 4.48 Å². The highest BCUT2D eigenvalue weighted by Gasteiger charge is 2.45. The molecule has 0 spiro atoms. The van der Waals surface area contributed by atoms with Gasteiger partial charge in [0.25, 0.3) is 0 Å². The summed E-state index contributed by atoms with van der Waals surface area (Å²) in [6, 6.07) is 1.08. The molecule has 2 unspecified atom stereocenters. The number of quaternary nitrogens is 1. The van der Waals surface area contributed by atoms with Crippen molar-refractivity contribution < 1.29 is 4.48 Å². The van der Waals surface area contributed by atoms with E-state index in [1.165, 1.54) is 49.8 Å². The molecule has 0 radical (unpaired) electrons. The van der Waals surface area contributed by atoms with E-state index in [2.05, 4.69) is 6.92 Å². The summed E-state index contributed by atoms with van der Waals surface area (Å²) in [5.41, 5.74) is 0. The van der Waals surface area contributed by atoms with Crippen LogP contribution < -0.4 is 0 Å². The zero-order chi connectivity index (χ0) is 7.03. The number of nitrogens with zero attached hydrogens (tertiary/aromatic N) is 1. The maximum Gasteiger partial charge on any atom is 0.0944 e. The summed E-state index contributed by atoms with van der Waals surface area (Å²) in [4.78, 5) is 0. The van der Waals surface area contributed by atoms with E-state index >= 15 is 0 Å². The first-order valence-electron chi connectivity index (χ1n) is 4.73. The fraction of sp³-hybridized carbons (Fsp3) is 1.00. The van der Waals surface area contributed by atoms with Gasteiger partial charge in [0.2, 0.25) is 0 Å². The number of piperidine rings is 1. The highest BCUT2D eigenvalue weighted by Crippen LogP contribution is 2.35. The molecular weight excluding hydrogens is 122 g/mol. The summed E-state index contributed by atoms with van der Waals surface area (Å²) < 4.78 is 1.49. The Morgan fingerprint density at radius 3 is 2.50 bits per heavy atom. The topological polar surface area (TPSA) is 0 Å². The van der Waals surface area contributed by atoms with Crippen molar-refractivity contribution in [3.05, 3.63) is 0 Å². The predicted octanol–water partition coefficient (Wildman–Crippen LogP) is 1.78. The lowest BCUT2D eigenvalue weighted by molar-refractivity contribution is -0.992. The molecule has 0 amide bonds. The Bertz CT molecular complexity index is 129. The molecule has 0 N–H and O–H groups in total. The monoisotopic (exact) mass is 140 g/mol. The minimum Gasteiger partial charge on any atom is -0.321 e. The third kappa shape index (κ3) is 0.731. The summed E-state index contributed by atoms with van der Waals surface area (Å²) in [6.45, 7) is 6.73. The Balaban J connectivity index is 2.04. The fourth-order valence-corrected chi connectivity index (χ4v) is 2.77. The van der Waals surface area contributed by atoms with Crippen LogP contribution in [-0.4, -0.2) is 30.2 Å². The summed E-state index contributed by atoms with van der Waals surface area (Å²) in [7, 11) is 0. The van der Waals surface area contributed by atoms with Crippen LogP contribution in [0.1, 0.15) is 32.6 Å². The molecule has 2 rings (SSSR count). The van der Waals surface area contributed by atoms with Gasteiger partial charge in [0.1, 0.15) is 0 Å². The summed E-state index contributed by atoms with van der Waals surface area (Å²) >= 11 is 0. The molecule has 0 saturated carbocycles. The molecule has 0 aliphatic carbocycles. The Hall–Kier alpha value is -0.0400. The molecule has 0 aromatic carbocycles. The Labute approximate surface area is 63.6 Å². The molecule has 2 fully saturated rings. The van der Waals surface area contributed by atoms with Crippen molar-refractivity contribution in [3.63, 3.8) is 0 Å². The van der Waals surface area contributed by atoms with Crippen LogP contribution in [0.5, 0.6) is 0 Å². The summed E-state index contributed by atoms with van der Waals surface area (Å²) in [6.07, 6.45) is 6.04. The Morgan fingerprint density at radius 2 is 2.10 bits per heavy atom. The summed E-state index contributed by atoms with van der Waals surface area (Å²) in [5, 5.41) is 0. The first-order valence-corrected chi connectivity index (χ1v) is 4.73. The van der Waals surface area contributed by atoms with Crippen LogP contribution in [0.25, 0.3) is 0 Å². The van der Waals surface area contributed by atoms with Crippen molar-refractivity contribution in [3.8, 4) is 0 Å². The largest absolute Gasteiger partial charge is 0.321 e. The zero-order valence-electron chi connectivity index (χ0n) is 6.97. The zero-order valence-corrected chi connectivity index (χ0v) is 6.97. The van der Waals surface area contributed by atoms with Gasteiger partial charge in [0.05, 0.1) is 25.7 Å². The number of hydrogen-bond acceptors (Lipinski definition) is 0. The average molecular weight is 140 g/mol. The molecule has 58 valence electrons. The second kappa shape index (κ2) is 2.23. The van der Waals surface area contributed by atoms with Gasteiger partial charge in [-0.15, -0.1) is 0 Å². The molecular formula is C9H18N+. The minimum atomic E-state index is 1.08. The SMILES string of the molecule is CC[N+]12CCCCC1CC2. The van der Waals surface area contributed by atoms with Gasteiger partial charge in [-0.05, 0) is 26.2 Å². The standard InChI is InChI=1S/C9H18N/c1-2-10-7-4-3-5-9(10)6-8-10/h9H,2-8H2,1H3/q+1. The van der Waals surface area contributed by atoms with Crippen molar-refractivity contribution in [1.29, 1.82) is 0 Å². The molecule has 10 heavy (non-hydrogen) atoms. The maximum absolute atomic E-state index is 2.36. The van der Waals surface area contributed by atoms with Gasteiger partial charge in [-0.3, -0.25) is 0 Å². The van der Waals surface area contributed by atoms with E-state index < -0.39 is 0 Å². The van der Waals surface area contributed by atoms with Gasteiger partial charge in [0.15, 0.2) is 0 Å². The average Bonchev–Trinajstić information content (AvgIpc) is 1.93. The molecule has 2 aliphatic heterocycles. The van der Waals surface area contributed by atoms with Crippen molar-refractivity contribution in [2.45, 2.75) is 38.6 Å². The quantitative estimate of drug-likeness (QED) is 0.487. The van der Waals surface area contributed by atoms with E-state index in [9.17, 15) is 0 Å². The summed E-state index contributed by atoms with van der Waals surface area (Å²) in [5.74, 6) is 0. The minimum absolute atomic E-state index is 1.08. The molecule has 0 bridgehead atoms. The van der Waals surface area contributed by atoms with Gasteiger partial charge in [-0.2, -0.15) is 0 Å². The second-order valence-electron chi connectivity index (χ2n) is 3.92. The van der Waals surface area contributed by atoms with Crippen LogP contribution >= 0.6 is 0 Å². The van der Waals surface area contributed by atoms with Crippen molar-refractivity contribution >= 4 is 0 Å². The third-order valence-corrected chi connectivity index (χ3v) is 3.70. The molecule has 1 heteroatoms. The normalized spacial score (nSPS) is 45.9. The van der Waals surface area contributed by atoms with E-state index in [-0.39, 0.29) is 0 Å². The molecule has 1 nitrogen and oxygen atoms in total. The highest BCUT2D eigenvalue weighted by atomic mass is 15.4. The molecule has 0 aromatic heterocycles. The molecule has 2 heterocycles. The van der Waals surface area contributed by atoms with Gasteiger partial charge >= 0.3 is 0 Å². The molecule has 2 aliphatic rings. The predicted molar refractivity (Wildman–Crippen MR) is 42.8 cm³/mol. The van der Waals surface area contributed by atoms with E-state index in [0.29, 0.717) is 0 Å². The lowest BCUT2D eigenvalue weighted by atomic mass is 9.87. The first kappa shape index (κ1) is 6.66. The van der Waals surface area contributed by atoms with Gasteiger partial charge in [0, 0.05) is 6.42 Å². The van der Waals surface area contributed by atoms with E-state index in [1.807, 2.05) is 0 Å². The van der Waals surface area contributed by atoms with Crippen LogP contribution in [0, 0.1) is 0 Å². The lowest BCUT2D eigenvalue weighted by Gasteiger charge is -2.55. The van der Waals surface area contributed by atoms with Crippen LogP contribution in [0.3, 0.4) is 0 Å². The highest BCUT2D eigenvalue weighted by molar-refractivity contribution is 4.74. The lowest BCUT2D eigenvalue weighted by Crippen LogP contribution is -2.66. The van der Waals surface area contributed by atoms with Crippen LogP contribution in [-0.2, 0) is 0 Å². The fourth-order valence-electron chi connectivity index (χ4n) is 2.77. The number of fused-ring (bicyclic) bond motifs is 1. The van der Waals surface area contributed by atoms with Crippen molar-refractivity contribution in [2.24, 2.45) is 0 Å². The molecule has 2 atom stereocenters. The first-order chi connectivity index (χ1) is 4.87. The van der Waals surface area contributed by atoms with E-state index in [1.54, 1.807) is 0 Å². The molecule has 0 aromatic rings. The number of rotatable bonds is 1. The van der Waals surface area contributed by atoms with Gasteiger partial charge in [-0.1, -0.05) is 0 Å². The maximum atomic E-state index is 2.36. The van der Waals surface area contributed by atoms with Crippen LogP contribution in [0.15, 0.2) is 0 Å². The van der Waals surface area contributed by atoms with Crippen molar-refractivity contribution in [1.82, 2.24) is 0 Å².